The molecule has 0 bridgehead atoms. The molecule has 18 heteroatoms. The predicted octanol–water partition coefficient (Wildman–Crippen LogP) is -0.308. The molecular weight excluding hydrogens is 883 g/mol. The van der Waals surface area contributed by atoms with E-state index in [0.717, 1.165) is 22.6 Å². The number of rotatable bonds is 13. The van der Waals surface area contributed by atoms with Crippen molar-refractivity contribution in [3.05, 3.63) is 133 Å². The van der Waals surface area contributed by atoms with Gasteiger partial charge in [-0.25, -0.2) is 9.59 Å². The molecule has 15 nitrogen and oxygen atoms in total. The monoisotopic (exact) mass is 923 g/mol. The van der Waals surface area contributed by atoms with Crippen molar-refractivity contribution in [2.24, 2.45) is 11.8 Å². The number of halogens is 1. The molecule has 0 spiro atoms. The van der Waals surface area contributed by atoms with Gasteiger partial charge in [-0.2, -0.15) is 15.0 Å². The van der Waals surface area contributed by atoms with E-state index in [1.807, 2.05) is 74.5 Å². The number of fused-ring (bicyclic) bond motifs is 2. The van der Waals surface area contributed by atoms with Crippen LogP contribution >= 0.6 is 15.9 Å². The Bertz CT molecular complexity index is 2400. The van der Waals surface area contributed by atoms with Crippen LogP contribution in [-0.2, 0) is 35.7 Å². The number of aromatic nitrogens is 4. The molecule has 2 aromatic carbocycles. The van der Waals surface area contributed by atoms with Crippen molar-refractivity contribution >= 4 is 44.6 Å². The fourth-order valence-electron chi connectivity index (χ4n) is 5.17. The Labute approximate surface area is 434 Å². The van der Waals surface area contributed by atoms with Crippen LogP contribution in [0.3, 0.4) is 0 Å². The third kappa shape index (κ3) is 16.6. The third-order valence-electron chi connectivity index (χ3n) is 8.46. The zero-order chi connectivity index (χ0) is 40.6. The molecule has 4 aromatic heterocycles. The molecule has 0 radical (unpaired) electrons. The van der Waals surface area contributed by atoms with E-state index in [1.54, 1.807) is 0 Å². The van der Waals surface area contributed by atoms with E-state index in [9.17, 15) is 14.4 Å². The van der Waals surface area contributed by atoms with Crippen LogP contribution in [0.15, 0.2) is 96.0 Å². The molecule has 4 heterocycles. The summed E-state index contributed by atoms with van der Waals surface area (Å²) in [6, 6.07) is 22.2. The first-order valence-electron chi connectivity index (χ1n) is 18.2. The van der Waals surface area contributed by atoms with Crippen LogP contribution in [-0.4, -0.2) is 38.3 Å². The van der Waals surface area contributed by atoms with E-state index in [-0.39, 0.29) is 152 Å². The summed E-state index contributed by atoms with van der Waals surface area (Å²) in [5, 5.41) is 10.5. The minimum absolute atomic E-state index is 0. The van der Waals surface area contributed by atoms with Crippen LogP contribution in [0.25, 0.3) is 22.2 Å². The topological polar surface area (TPSA) is 209 Å². The minimum Gasteiger partial charge on any atom is -1.00 e. The number of benzene rings is 2. The van der Waals surface area contributed by atoms with Crippen molar-refractivity contribution in [3.63, 3.8) is 0 Å². The number of aryl methyl sites for hydroxylation is 2. The van der Waals surface area contributed by atoms with Crippen molar-refractivity contribution in [1.82, 2.24) is 19.9 Å². The second-order valence-corrected chi connectivity index (χ2v) is 13.5. The average molecular weight is 925 g/mol. The third-order valence-corrected chi connectivity index (χ3v) is 9.29. The second kappa shape index (κ2) is 26.6. The van der Waals surface area contributed by atoms with Gasteiger partial charge in [0.05, 0.1) is 18.4 Å². The van der Waals surface area contributed by atoms with Gasteiger partial charge in [0.2, 0.25) is 17.3 Å². The number of nitrogens with zero attached hydrogens (tertiary/aromatic N) is 3. The van der Waals surface area contributed by atoms with Crippen molar-refractivity contribution in [1.29, 1.82) is 0 Å². The van der Waals surface area contributed by atoms with Crippen LogP contribution in [0.5, 0.6) is 17.9 Å². The first kappa shape index (κ1) is 50.6. The number of alkyl halides is 1. The van der Waals surface area contributed by atoms with Gasteiger partial charge in [0.1, 0.15) is 36.3 Å². The molecule has 0 amide bonds. The largest absolute Gasteiger partial charge is 1.00 e. The second-order valence-electron chi connectivity index (χ2n) is 12.8. The first-order valence-corrected chi connectivity index (χ1v) is 19.4. The molecule has 0 saturated heterocycles. The molecule has 0 aliphatic heterocycles. The summed E-state index contributed by atoms with van der Waals surface area (Å²) in [5.41, 5.74) is 2.22. The Hall–Kier alpha value is -2.73. The summed E-state index contributed by atoms with van der Waals surface area (Å²) >= 11 is 3.34. The number of hydrogen-bond donors (Lipinski definition) is 1. The number of aromatic amines is 1. The van der Waals surface area contributed by atoms with Crippen LogP contribution in [0.2, 0.25) is 0 Å². The Morgan fingerprint density at radius 2 is 1.36 bits per heavy atom. The van der Waals surface area contributed by atoms with Gasteiger partial charge in [0.25, 0.3) is 18.0 Å². The summed E-state index contributed by atoms with van der Waals surface area (Å²) in [6.07, 6.45) is 7.19. The van der Waals surface area contributed by atoms with E-state index >= 15 is 0 Å². The van der Waals surface area contributed by atoms with Gasteiger partial charge in [0, 0.05) is 12.1 Å². The molecule has 300 valence electrons. The van der Waals surface area contributed by atoms with Crippen LogP contribution in [0.4, 0.5) is 0 Å². The van der Waals surface area contributed by atoms with E-state index in [1.165, 1.54) is 36.7 Å². The van der Waals surface area contributed by atoms with Gasteiger partial charge < -0.3 is 34.6 Å². The molecule has 2 aliphatic carbocycles. The summed E-state index contributed by atoms with van der Waals surface area (Å²) in [4.78, 5) is 62.1. The quantitative estimate of drug-likeness (QED) is 0.0394. The van der Waals surface area contributed by atoms with E-state index in [4.69, 9.17) is 33.1 Å². The van der Waals surface area contributed by atoms with Crippen LogP contribution < -0.4 is 139 Å². The van der Waals surface area contributed by atoms with Crippen molar-refractivity contribution in [2.45, 2.75) is 59.2 Å². The first-order chi connectivity index (χ1) is 27.7. The molecule has 1 N–H and O–H groups in total. The van der Waals surface area contributed by atoms with Gasteiger partial charge in [0.15, 0.2) is 0 Å². The number of carbonyl (C=O) groups excluding carboxylic acids is 1. The van der Waals surface area contributed by atoms with Crippen molar-refractivity contribution in [3.8, 4) is 17.9 Å². The molecule has 1 unspecified atom stereocenters. The van der Waals surface area contributed by atoms with Crippen molar-refractivity contribution < 1.29 is 142 Å². The summed E-state index contributed by atoms with van der Waals surface area (Å²) in [5.74, 6) is 1.93. The summed E-state index contributed by atoms with van der Waals surface area (Å²) < 4.78 is 27.4. The van der Waals surface area contributed by atoms with Crippen molar-refractivity contribution in [2.75, 3.05) is 11.9 Å². The standard InChI is InChI=1S/C20H20N2O4.C16H14N2O4.C4H6Br.CH2O3.2K.H/c1-2-15-10-16(23)26-19-17(15)18(24-11-14-8-9-14)21-20(22-19)25-12-13-6-4-3-5-7-13;1-2-11-8-12(19)22-15-13(11)14(20)17-16(18-15)21-9-10-6-4-3-5-7-10;5-3-4-1-2-4;2-1-4-3;;;/h3-7,10,14H,2,8-9,11-12H2,1H3;3-8H,2,9H2,1H3,(H,17,18,20);1,4H,2-3H2;1,3H;;;/q;;+1;;2*+1;-1/p-1. The van der Waals surface area contributed by atoms with Gasteiger partial charge in [-0.3, -0.25) is 14.6 Å². The van der Waals surface area contributed by atoms with Crippen LogP contribution in [0, 0.1) is 18.3 Å². The molecule has 6 aromatic rings. The zero-order valence-electron chi connectivity index (χ0n) is 34.3. The molecule has 2 fully saturated rings. The Kier molecular flexibility index (Phi) is 22.8. The molecule has 2 aliphatic rings. The van der Waals surface area contributed by atoms with Crippen LogP contribution in [0.1, 0.15) is 56.8 Å². The number of H-pyrrole nitrogens is 1. The van der Waals surface area contributed by atoms with E-state index in [0.29, 0.717) is 48.8 Å². The number of hydrogen-bond acceptors (Lipinski definition) is 14. The molecular formula is C41H42BrK2N4O11+. The summed E-state index contributed by atoms with van der Waals surface area (Å²) in [6.45, 7) is 4.83. The van der Waals surface area contributed by atoms with Gasteiger partial charge in [-0.1, -0.05) is 90.4 Å². The van der Waals surface area contributed by atoms with Gasteiger partial charge in [-0.05, 0) is 53.9 Å². The Morgan fingerprint density at radius 1 is 0.831 bits per heavy atom. The van der Waals surface area contributed by atoms with E-state index < -0.39 is 11.3 Å². The smallest absolute Gasteiger partial charge is 1.00 e. The summed E-state index contributed by atoms with van der Waals surface area (Å²) in [7, 11) is 0. The minimum atomic E-state index is -0.531. The fraction of sp³-hybridized carbons (Fsp3) is 0.317. The number of carbonyl (C=O) groups is 1. The SMILES string of the molecule is BrCC1[CH+]C1.CCc1cc(=O)oc2nc(OCc3ccccc3)[nH]c(=O)c12.CCc1cc(=O)oc2nc(OCc3ccccc3)nc(OCC3CC3)c12.O=CO[O-].[H-].[K+].[K+]. The number of ether oxygens (including phenoxy) is 3. The molecule has 1 atom stereocenters. The van der Waals surface area contributed by atoms with Gasteiger partial charge >= 0.3 is 120 Å². The van der Waals surface area contributed by atoms with E-state index in [2.05, 4.69) is 47.2 Å². The Balaban J connectivity index is 0.000000331. The average Bonchev–Trinajstić information content (AvgIpc) is 4.18. The maximum atomic E-state index is 12.2. The van der Waals surface area contributed by atoms with Gasteiger partial charge in [-0.15, -0.1) is 0 Å². The normalized spacial score (nSPS) is 13.2. The number of nitrogens with one attached hydrogen (secondary N) is 1. The molecule has 59 heavy (non-hydrogen) atoms. The molecule has 8 rings (SSSR count). The zero-order valence-corrected chi connectivity index (χ0v) is 41.1. The maximum Gasteiger partial charge on any atom is 1.00 e. The maximum absolute atomic E-state index is 12.2. The molecule has 2 saturated carbocycles. The predicted molar refractivity (Wildman–Crippen MR) is 212 cm³/mol. The fourth-order valence-corrected chi connectivity index (χ4v) is 5.69. The Morgan fingerprint density at radius 3 is 1.83 bits per heavy atom.